The summed E-state index contributed by atoms with van der Waals surface area (Å²) in [5, 5.41) is 13.2. The van der Waals surface area contributed by atoms with Crippen LogP contribution in [0.15, 0.2) is 24.3 Å². The minimum absolute atomic E-state index is 0.346. The van der Waals surface area contributed by atoms with E-state index in [1.54, 1.807) is 0 Å². The third-order valence-corrected chi connectivity index (χ3v) is 4.59. The van der Waals surface area contributed by atoms with Crippen LogP contribution in [0.1, 0.15) is 32.6 Å². The van der Waals surface area contributed by atoms with Crippen molar-refractivity contribution in [1.29, 1.82) is 0 Å². The summed E-state index contributed by atoms with van der Waals surface area (Å²) in [7, 11) is 0. The minimum atomic E-state index is -0.450. The fraction of sp³-hybridized carbons (Fsp3) is 0.625. The number of rotatable bonds is 6. The normalized spacial score (nSPS) is 24.4. The summed E-state index contributed by atoms with van der Waals surface area (Å²) in [6.07, 6.45) is 4.67. The highest BCUT2D eigenvalue weighted by Gasteiger charge is 2.19. The van der Waals surface area contributed by atoms with Crippen molar-refractivity contribution in [3.8, 4) is 0 Å². The third-order valence-electron chi connectivity index (χ3n) is 3.87. The largest absolute Gasteiger partial charge is 0.389 e. The van der Waals surface area contributed by atoms with E-state index in [2.05, 4.69) is 47.0 Å². The molecular weight excluding hydrogens is 365 g/mol. The average Bonchev–Trinajstić information content (AvgIpc) is 2.46. The number of benzene rings is 1. The van der Waals surface area contributed by atoms with Gasteiger partial charge in [0.05, 0.1) is 18.8 Å². The van der Waals surface area contributed by atoms with E-state index in [0.29, 0.717) is 19.3 Å². The average molecular weight is 389 g/mol. The van der Waals surface area contributed by atoms with E-state index in [-0.39, 0.29) is 0 Å². The van der Waals surface area contributed by atoms with Crippen LogP contribution in [0.3, 0.4) is 0 Å². The molecule has 0 aliphatic heterocycles. The Kier molecular flexibility index (Phi) is 6.58. The van der Waals surface area contributed by atoms with Crippen LogP contribution in [-0.2, 0) is 4.74 Å². The molecule has 0 heterocycles. The van der Waals surface area contributed by atoms with E-state index < -0.39 is 6.10 Å². The van der Waals surface area contributed by atoms with Gasteiger partial charge in [0.25, 0.3) is 0 Å². The second-order valence-corrected chi connectivity index (χ2v) is 7.00. The predicted molar refractivity (Wildman–Crippen MR) is 91.0 cm³/mol. The molecule has 1 aliphatic carbocycles. The number of nitrogens with one attached hydrogen (secondary N) is 1. The quantitative estimate of drug-likeness (QED) is 0.730. The number of hydrogen-bond donors (Lipinski definition) is 2. The van der Waals surface area contributed by atoms with Gasteiger partial charge in [0, 0.05) is 15.8 Å². The number of aliphatic hydroxyl groups excluding tert-OH is 1. The second-order valence-electron chi connectivity index (χ2n) is 5.76. The maximum Gasteiger partial charge on any atom is 0.0945 e. The van der Waals surface area contributed by atoms with Crippen molar-refractivity contribution in [2.75, 3.05) is 18.5 Å². The number of hydrogen-bond acceptors (Lipinski definition) is 3. The lowest BCUT2D eigenvalue weighted by molar-refractivity contribution is -0.0245. The Hall–Kier alpha value is -0.330. The Labute approximate surface area is 135 Å². The fourth-order valence-corrected chi connectivity index (χ4v) is 2.87. The SMILES string of the molecule is CC1CCC(OCC(O)CNc2ccc(I)cc2)CC1. The Morgan fingerprint density at radius 1 is 1.25 bits per heavy atom. The fourth-order valence-electron chi connectivity index (χ4n) is 2.51. The summed E-state index contributed by atoms with van der Waals surface area (Å²) in [6.45, 7) is 3.26. The summed E-state index contributed by atoms with van der Waals surface area (Å²) in [5.74, 6) is 0.835. The zero-order chi connectivity index (χ0) is 14.4. The molecule has 3 nitrogen and oxygen atoms in total. The van der Waals surface area contributed by atoms with Crippen molar-refractivity contribution in [2.45, 2.75) is 44.8 Å². The number of ether oxygens (including phenoxy) is 1. The standard InChI is InChI=1S/C16H24INO2/c1-12-2-8-16(9-3-12)20-11-15(19)10-18-14-6-4-13(17)5-7-14/h4-7,12,15-16,18-19H,2-3,8-11H2,1H3. The van der Waals surface area contributed by atoms with Gasteiger partial charge in [-0.05, 0) is 78.5 Å². The van der Waals surface area contributed by atoms with Crippen LogP contribution in [0.5, 0.6) is 0 Å². The van der Waals surface area contributed by atoms with E-state index in [9.17, 15) is 5.11 Å². The molecule has 1 aromatic carbocycles. The molecule has 0 saturated heterocycles. The molecule has 1 unspecified atom stereocenters. The summed E-state index contributed by atoms with van der Waals surface area (Å²) in [5.41, 5.74) is 1.04. The third kappa shape index (κ3) is 5.58. The van der Waals surface area contributed by atoms with Crippen LogP contribution in [0, 0.1) is 9.49 Å². The first-order chi connectivity index (χ1) is 9.63. The Balaban J connectivity index is 1.62. The van der Waals surface area contributed by atoms with Gasteiger partial charge in [-0.3, -0.25) is 0 Å². The number of anilines is 1. The van der Waals surface area contributed by atoms with Crippen LogP contribution in [0.25, 0.3) is 0 Å². The molecule has 2 N–H and O–H groups in total. The van der Waals surface area contributed by atoms with Gasteiger partial charge in [-0.2, -0.15) is 0 Å². The maximum atomic E-state index is 9.96. The maximum absolute atomic E-state index is 9.96. The number of halogens is 1. The van der Waals surface area contributed by atoms with E-state index in [1.807, 2.05) is 12.1 Å². The van der Waals surface area contributed by atoms with Gasteiger partial charge in [0.15, 0.2) is 0 Å². The molecule has 1 atom stereocenters. The van der Waals surface area contributed by atoms with Crippen LogP contribution >= 0.6 is 22.6 Å². The lowest BCUT2D eigenvalue weighted by Crippen LogP contribution is -2.29. The minimum Gasteiger partial charge on any atom is -0.389 e. The van der Waals surface area contributed by atoms with E-state index in [4.69, 9.17) is 4.74 Å². The summed E-state index contributed by atoms with van der Waals surface area (Å²) >= 11 is 2.28. The van der Waals surface area contributed by atoms with Gasteiger partial charge >= 0.3 is 0 Å². The smallest absolute Gasteiger partial charge is 0.0945 e. The molecule has 0 spiro atoms. The first-order valence-electron chi connectivity index (χ1n) is 7.42. The molecule has 1 aromatic rings. The topological polar surface area (TPSA) is 41.5 Å². The number of aliphatic hydroxyl groups is 1. The highest BCUT2D eigenvalue weighted by Crippen LogP contribution is 2.25. The van der Waals surface area contributed by atoms with Gasteiger partial charge in [-0.25, -0.2) is 0 Å². The van der Waals surface area contributed by atoms with Crippen LogP contribution in [0.2, 0.25) is 0 Å². The molecule has 1 fully saturated rings. The van der Waals surface area contributed by atoms with Crippen molar-refractivity contribution in [3.63, 3.8) is 0 Å². The molecule has 112 valence electrons. The summed E-state index contributed by atoms with van der Waals surface area (Å²) in [6, 6.07) is 8.15. The predicted octanol–water partition coefficient (Wildman–Crippen LogP) is 3.66. The van der Waals surface area contributed by atoms with Gasteiger partial charge in [-0.1, -0.05) is 6.92 Å². The Morgan fingerprint density at radius 3 is 2.55 bits per heavy atom. The highest BCUT2D eigenvalue weighted by molar-refractivity contribution is 14.1. The molecule has 0 amide bonds. The van der Waals surface area contributed by atoms with E-state index >= 15 is 0 Å². The van der Waals surface area contributed by atoms with Gasteiger partial charge in [0.2, 0.25) is 0 Å². The first-order valence-corrected chi connectivity index (χ1v) is 8.50. The zero-order valence-electron chi connectivity index (χ0n) is 12.0. The molecule has 0 radical (unpaired) electrons. The summed E-state index contributed by atoms with van der Waals surface area (Å²) in [4.78, 5) is 0. The van der Waals surface area contributed by atoms with E-state index in [0.717, 1.165) is 24.4 Å². The van der Waals surface area contributed by atoms with Crippen LogP contribution in [-0.4, -0.2) is 30.5 Å². The van der Waals surface area contributed by atoms with Crippen molar-refractivity contribution in [3.05, 3.63) is 27.8 Å². The molecule has 1 saturated carbocycles. The lowest BCUT2D eigenvalue weighted by atomic mass is 9.89. The molecule has 0 bridgehead atoms. The van der Waals surface area contributed by atoms with Gasteiger partial charge in [0.1, 0.15) is 0 Å². The molecule has 20 heavy (non-hydrogen) atoms. The molecule has 1 aliphatic rings. The van der Waals surface area contributed by atoms with E-state index in [1.165, 1.54) is 16.4 Å². The molecule has 4 heteroatoms. The van der Waals surface area contributed by atoms with Crippen molar-refractivity contribution in [1.82, 2.24) is 0 Å². The Bertz CT molecular complexity index is 388. The van der Waals surface area contributed by atoms with Crippen LogP contribution < -0.4 is 5.32 Å². The van der Waals surface area contributed by atoms with Crippen molar-refractivity contribution < 1.29 is 9.84 Å². The monoisotopic (exact) mass is 389 g/mol. The highest BCUT2D eigenvalue weighted by atomic mass is 127. The van der Waals surface area contributed by atoms with Crippen LogP contribution in [0.4, 0.5) is 5.69 Å². The first kappa shape index (κ1) is 16.0. The van der Waals surface area contributed by atoms with Crippen molar-refractivity contribution >= 4 is 28.3 Å². The molecule has 2 rings (SSSR count). The summed E-state index contributed by atoms with van der Waals surface area (Å²) < 4.78 is 7.02. The van der Waals surface area contributed by atoms with Crippen molar-refractivity contribution in [2.24, 2.45) is 5.92 Å². The Morgan fingerprint density at radius 2 is 1.90 bits per heavy atom. The second kappa shape index (κ2) is 8.20. The van der Waals surface area contributed by atoms with Gasteiger partial charge in [-0.15, -0.1) is 0 Å². The molecular formula is C16H24INO2. The molecule has 0 aromatic heterocycles. The lowest BCUT2D eigenvalue weighted by Gasteiger charge is -2.27. The zero-order valence-corrected chi connectivity index (χ0v) is 14.2. The van der Waals surface area contributed by atoms with Gasteiger partial charge < -0.3 is 15.2 Å².